The molecule has 0 aliphatic rings. The predicted octanol–water partition coefficient (Wildman–Crippen LogP) is 0.418. The molecule has 0 fully saturated rings. The quantitative estimate of drug-likeness (QED) is 0.368. The van der Waals surface area contributed by atoms with Crippen molar-refractivity contribution in [2.45, 2.75) is 20.3 Å². The molecule has 0 saturated carbocycles. The van der Waals surface area contributed by atoms with Crippen molar-refractivity contribution in [3.05, 3.63) is 12.2 Å². The van der Waals surface area contributed by atoms with E-state index < -0.39 is 12.4 Å². The van der Waals surface area contributed by atoms with Crippen molar-refractivity contribution in [2.75, 3.05) is 6.61 Å². The van der Waals surface area contributed by atoms with Crippen LogP contribution in [0.25, 0.3) is 0 Å². The molecule has 1 N–H and O–H groups in total. The van der Waals surface area contributed by atoms with Crippen LogP contribution in [0.4, 0.5) is 0 Å². The average molecular weight is 160 g/mol. The lowest BCUT2D eigenvalue weighted by Crippen LogP contribution is -2.20. The largest absolute Gasteiger partial charge is 0.407 e. The Labute approximate surface area is 65.4 Å². The summed E-state index contributed by atoms with van der Waals surface area (Å²) in [5.41, 5.74) is 0.226. The third-order valence-electron chi connectivity index (χ3n) is 0.866. The highest BCUT2D eigenvalue weighted by Crippen LogP contribution is 1.96. The minimum Gasteiger partial charge on any atom is -0.407 e. The molecule has 0 spiro atoms. The summed E-state index contributed by atoms with van der Waals surface area (Å²) in [6.45, 7) is 5.29. The van der Waals surface area contributed by atoms with Crippen molar-refractivity contribution < 1.29 is 19.4 Å². The molecule has 0 heterocycles. The smallest absolute Gasteiger partial charge is 0.337 e. The molecular weight excluding hydrogens is 148 g/mol. The van der Waals surface area contributed by atoms with Crippen LogP contribution in [0, 0.1) is 0 Å². The van der Waals surface area contributed by atoms with E-state index in [2.05, 4.69) is 16.1 Å². The van der Waals surface area contributed by atoms with Gasteiger partial charge >= 0.3 is 12.4 Å². The monoisotopic (exact) mass is 160 g/mol. The Morgan fingerprint density at radius 1 is 1.73 bits per heavy atom. The summed E-state index contributed by atoms with van der Waals surface area (Å²) in [7, 11) is 0. The predicted molar refractivity (Wildman–Crippen MR) is 38.5 cm³/mol. The highest BCUT2D eigenvalue weighted by Gasteiger charge is 2.10. The number of aliphatic hydroxyl groups is 1. The molecule has 64 valence electrons. The molecule has 0 amide bonds. The second kappa shape index (κ2) is 4.87. The van der Waals surface area contributed by atoms with Gasteiger partial charge in [-0.15, -0.1) is 0 Å². The molecule has 0 aliphatic carbocycles. The highest BCUT2D eigenvalue weighted by atomic mass is 16.8. The van der Waals surface area contributed by atoms with Crippen LogP contribution in [-0.2, 0) is 14.3 Å². The van der Waals surface area contributed by atoms with Gasteiger partial charge in [-0.3, -0.25) is 0 Å². The van der Waals surface area contributed by atoms with Gasteiger partial charge in [0.1, 0.15) is 0 Å². The molecule has 0 aliphatic heterocycles. The van der Waals surface area contributed by atoms with Gasteiger partial charge < -0.3 is 14.6 Å². The molecule has 1 atom stereocenters. The molecule has 0 aromatic carbocycles. The fourth-order valence-electron chi connectivity index (χ4n) is 0.369. The van der Waals surface area contributed by atoms with Gasteiger partial charge in [0, 0.05) is 5.57 Å². The number of hydrogen-bond acceptors (Lipinski definition) is 4. The van der Waals surface area contributed by atoms with E-state index in [0.717, 1.165) is 0 Å². The van der Waals surface area contributed by atoms with Gasteiger partial charge in [-0.05, 0) is 13.8 Å². The van der Waals surface area contributed by atoms with E-state index in [1.165, 1.54) is 6.92 Å². The maximum atomic E-state index is 10.7. The Morgan fingerprint density at radius 2 is 2.27 bits per heavy atom. The van der Waals surface area contributed by atoms with Crippen molar-refractivity contribution in [3.63, 3.8) is 0 Å². The second-order valence-corrected chi connectivity index (χ2v) is 1.95. The highest BCUT2D eigenvalue weighted by molar-refractivity contribution is 5.86. The number of ether oxygens (including phenoxy) is 2. The second-order valence-electron chi connectivity index (χ2n) is 1.95. The first-order valence-corrected chi connectivity index (χ1v) is 3.24. The van der Waals surface area contributed by atoms with Crippen LogP contribution in [0.15, 0.2) is 12.2 Å². The van der Waals surface area contributed by atoms with Crippen molar-refractivity contribution >= 4 is 5.97 Å². The van der Waals surface area contributed by atoms with E-state index in [1.54, 1.807) is 6.92 Å². The molecule has 0 saturated heterocycles. The van der Waals surface area contributed by atoms with Crippen molar-refractivity contribution in [3.8, 4) is 0 Å². The summed E-state index contributed by atoms with van der Waals surface area (Å²) in [6, 6.07) is 0. The summed E-state index contributed by atoms with van der Waals surface area (Å²) < 4.78 is 8.88. The molecule has 0 rings (SSSR count). The van der Waals surface area contributed by atoms with Crippen molar-refractivity contribution in [2.24, 2.45) is 0 Å². The lowest BCUT2D eigenvalue weighted by Gasteiger charge is -2.10. The van der Waals surface area contributed by atoms with Gasteiger partial charge in [0.2, 0.25) is 0 Å². The zero-order valence-electron chi connectivity index (χ0n) is 6.66. The lowest BCUT2D eigenvalue weighted by atomic mass is 10.4. The normalized spacial score (nSPS) is 12.3. The SMILES string of the molecule is C=C(C)C(=O)OC(O)OCC. The fraction of sp³-hybridized carbons (Fsp3) is 0.571. The van der Waals surface area contributed by atoms with Crippen molar-refractivity contribution in [1.82, 2.24) is 0 Å². The number of rotatable bonds is 4. The minimum atomic E-state index is -1.48. The average Bonchev–Trinajstić information content (AvgIpc) is 1.87. The summed E-state index contributed by atoms with van der Waals surface area (Å²) in [5.74, 6) is -0.661. The van der Waals surface area contributed by atoms with Crippen LogP contribution in [0.3, 0.4) is 0 Å². The van der Waals surface area contributed by atoms with Crippen LogP contribution in [-0.4, -0.2) is 24.2 Å². The van der Waals surface area contributed by atoms with Crippen LogP contribution in [0.2, 0.25) is 0 Å². The van der Waals surface area contributed by atoms with E-state index >= 15 is 0 Å². The van der Waals surface area contributed by atoms with E-state index in [4.69, 9.17) is 5.11 Å². The summed E-state index contributed by atoms with van der Waals surface area (Å²) >= 11 is 0. The molecule has 1 unspecified atom stereocenters. The van der Waals surface area contributed by atoms with E-state index in [9.17, 15) is 4.79 Å². The summed E-state index contributed by atoms with van der Waals surface area (Å²) in [5, 5.41) is 8.76. The maximum absolute atomic E-state index is 10.7. The zero-order valence-corrected chi connectivity index (χ0v) is 6.66. The van der Waals surface area contributed by atoms with Crippen molar-refractivity contribution in [1.29, 1.82) is 0 Å². The molecule has 4 heteroatoms. The van der Waals surface area contributed by atoms with E-state index in [1.807, 2.05) is 0 Å². The van der Waals surface area contributed by atoms with Gasteiger partial charge in [-0.2, -0.15) is 0 Å². The Bertz CT molecular complexity index is 153. The van der Waals surface area contributed by atoms with Crippen LogP contribution < -0.4 is 0 Å². The first kappa shape index (κ1) is 10.1. The van der Waals surface area contributed by atoms with E-state index in [-0.39, 0.29) is 12.2 Å². The number of aliphatic hydroxyl groups excluding tert-OH is 1. The topological polar surface area (TPSA) is 55.8 Å². The molecule has 0 aromatic heterocycles. The van der Waals surface area contributed by atoms with Gasteiger partial charge in [0.15, 0.2) is 0 Å². The molecule has 4 nitrogen and oxygen atoms in total. The van der Waals surface area contributed by atoms with Gasteiger partial charge in [-0.25, -0.2) is 4.79 Å². The van der Waals surface area contributed by atoms with Gasteiger partial charge in [-0.1, -0.05) is 6.58 Å². The molecule has 0 aromatic rings. The first-order chi connectivity index (χ1) is 5.07. The van der Waals surface area contributed by atoms with Gasteiger partial charge in [0.25, 0.3) is 0 Å². The maximum Gasteiger partial charge on any atom is 0.337 e. The Kier molecular flexibility index (Phi) is 4.49. The fourth-order valence-corrected chi connectivity index (χ4v) is 0.369. The standard InChI is InChI=1S/C7H12O4/c1-4-10-7(9)11-6(8)5(2)3/h7,9H,2,4H2,1,3H3. The Balaban J connectivity index is 3.66. The molecule has 0 bridgehead atoms. The zero-order chi connectivity index (χ0) is 8.85. The summed E-state index contributed by atoms with van der Waals surface area (Å²) in [6.07, 6.45) is 0. The minimum absolute atomic E-state index is 0.226. The molecular formula is C7H12O4. The first-order valence-electron chi connectivity index (χ1n) is 3.24. The number of hydrogen-bond donors (Lipinski definition) is 1. The van der Waals surface area contributed by atoms with E-state index in [0.29, 0.717) is 0 Å². The number of carbonyl (C=O) groups excluding carboxylic acids is 1. The third kappa shape index (κ3) is 4.52. The molecule has 11 heavy (non-hydrogen) atoms. The molecule has 0 radical (unpaired) electrons. The number of carbonyl (C=O) groups is 1. The van der Waals surface area contributed by atoms with Crippen LogP contribution in [0.5, 0.6) is 0 Å². The third-order valence-corrected chi connectivity index (χ3v) is 0.866. The van der Waals surface area contributed by atoms with Crippen LogP contribution in [0.1, 0.15) is 13.8 Å². The van der Waals surface area contributed by atoms with Crippen LogP contribution >= 0.6 is 0 Å². The Morgan fingerprint density at radius 3 is 2.64 bits per heavy atom. The summed E-state index contributed by atoms with van der Waals surface area (Å²) in [4.78, 5) is 10.7. The lowest BCUT2D eigenvalue weighted by molar-refractivity contribution is -0.248. The number of esters is 1. The Hall–Kier alpha value is -0.870. The van der Waals surface area contributed by atoms with Gasteiger partial charge in [0.05, 0.1) is 6.61 Å².